The van der Waals surface area contributed by atoms with Crippen molar-refractivity contribution in [1.29, 1.82) is 0 Å². The number of carbonyl (C=O) groups is 1. The maximum atomic E-state index is 11.2. The van der Waals surface area contributed by atoms with Gasteiger partial charge in [-0.1, -0.05) is 0 Å². The van der Waals surface area contributed by atoms with Crippen LogP contribution >= 0.6 is 0 Å². The molecule has 0 heterocycles. The number of carbonyl (C=O) groups excluding carboxylic acids is 1. The largest absolute Gasteiger partial charge is 0.462 e. The van der Waals surface area contributed by atoms with Gasteiger partial charge in [0.25, 0.3) is 0 Å². The summed E-state index contributed by atoms with van der Waals surface area (Å²) < 4.78 is 10.2. The summed E-state index contributed by atoms with van der Waals surface area (Å²) in [5.41, 5.74) is -0.0621. The van der Waals surface area contributed by atoms with E-state index in [-0.39, 0.29) is 24.2 Å². The number of hydrogen-bond donors (Lipinski definition) is 1. The van der Waals surface area contributed by atoms with Gasteiger partial charge in [0.05, 0.1) is 19.3 Å². The lowest BCUT2D eigenvalue weighted by Gasteiger charge is -2.19. The Hall–Kier alpha value is -0.610. The van der Waals surface area contributed by atoms with Crippen LogP contribution in [0.4, 0.5) is 0 Å². The van der Waals surface area contributed by atoms with Crippen LogP contribution in [0.25, 0.3) is 0 Å². The van der Waals surface area contributed by atoms with Gasteiger partial charge in [-0.15, -0.1) is 0 Å². The maximum Gasteiger partial charge on any atom is 0.320 e. The number of ether oxygens (including phenoxy) is 2. The Kier molecular flexibility index (Phi) is 6.52. The van der Waals surface area contributed by atoms with Crippen LogP contribution in [0, 0.1) is 0 Å². The molecule has 0 rings (SSSR count). The smallest absolute Gasteiger partial charge is 0.320 e. The quantitative estimate of drug-likeness (QED) is 0.539. The first-order valence-corrected chi connectivity index (χ1v) is 5.33. The number of esters is 1. The van der Waals surface area contributed by atoms with E-state index in [1.165, 1.54) is 0 Å². The van der Waals surface area contributed by atoms with E-state index in [2.05, 4.69) is 5.32 Å². The van der Waals surface area contributed by atoms with Crippen LogP contribution in [0.1, 0.15) is 34.6 Å². The van der Waals surface area contributed by atoms with Crippen molar-refractivity contribution in [2.45, 2.75) is 46.3 Å². The Morgan fingerprint density at radius 3 is 2.33 bits per heavy atom. The van der Waals surface area contributed by atoms with Crippen molar-refractivity contribution in [3.8, 4) is 0 Å². The molecular formula is C11H23NO3. The highest BCUT2D eigenvalue weighted by Gasteiger charge is 2.11. The molecule has 4 nitrogen and oxygen atoms in total. The topological polar surface area (TPSA) is 47.6 Å². The van der Waals surface area contributed by atoms with Crippen molar-refractivity contribution in [2.75, 3.05) is 19.8 Å². The molecule has 0 unspecified atom stereocenters. The molecule has 4 heteroatoms. The van der Waals surface area contributed by atoms with Crippen LogP contribution in [0.3, 0.4) is 0 Å². The summed E-state index contributed by atoms with van der Waals surface area (Å²) in [5.74, 6) is -0.239. The summed E-state index contributed by atoms with van der Waals surface area (Å²) in [6.07, 6.45) is 0.177. The van der Waals surface area contributed by atoms with Crippen LogP contribution in [0.15, 0.2) is 0 Å². The van der Waals surface area contributed by atoms with E-state index in [0.29, 0.717) is 13.2 Å². The lowest BCUT2D eigenvalue weighted by molar-refractivity contribution is -0.144. The molecule has 0 bridgehead atoms. The van der Waals surface area contributed by atoms with E-state index in [0.717, 1.165) is 0 Å². The summed E-state index contributed by atoms with van der Waals surface area (Å²) >= 11 is 0. The fraction of sp³-hybridized carbons (Fsp3) is 0.909. The van der Waals surface area contributed by atoms with Gasteiger partial charge in [-0.05, 0) is 34.6 Å². The molecule has 0 radical (unpaired) electrons. The molecule has 0 amide bonds. The average Bonchev–Trinajstić information content (AvgIpc) is 2.07. The summed E-state index contributed by atoms with van der Waals surface area (Å²) in [6, 6.07) is 0. The zero-order chi connectivity index (χ0) is 11.9. The van der Waals surface area contributed by atoms with E-state index < -0.39 is 0 Å². The van der Waals surface area contributed by atoms with Crippen LogP contribution in [-0.2, 0) is 14.3 Å². The second-order valence-electron chi connectivity index (χ2n) is 4.74. The van der Waals surface area contributed by atoms with Crippen molar-refractivity contribution in [3.63, 3.8) is 0 Å². The molecule has 0 atom stereocenters. The third kappa shape index (κ3) is 11.3. The highest BCUT2D eigenvalue weighted by molar-refractivity contribution is 5.71. The van der Waals surface area contributed by atoms with Crippen LogP contribution in [0.2, 0.25) is 0 Å². The molecule has 0 aromatic carbocycles. The van der Waals surface area contributed by atoms with Gasteiger partial charge < -0.3 is 14.8 Å². The van der Waals surface area contributed by atoms with Crippen LogP contribution in [-0.4, -0.2) is 37.4 Å². The Balaban J connectivity index is 3.42. The van der Waals surface area contributed by atoms with Crippen molar-refractivity contribution < 1.29 is 14.3 Å². The molecule has 0 aliphatic rings. The fourth-order valence-electron chi connectivity index (χ4n) is 0.828. The molecule has 90 valence electrons. The summed E-state index contributed by atoms with van der Waals surface area (Å²) in [7, 11) is 0. The van der Waals surface area contributed by atoms with E-state index in [4.69, 9.17) is 9.47 Å². The lowest BCUT2D eigenvalue weighted by Crippen LogP contribution is -2.40. The number of nitrogens with one attached hydrogen (secondary N) is 1. The minimum absolute atomic E-state index is 0.0621. The molecule has 15 heavy (non-hydrogen) atoms. The zero-order valence-electron chi connectivity index (χ0n) is 10.4. The second kappa shape index (κ2) is 6.80. The van der Waals surface area contributed by atoms with Gasteiger partial charge in [-0.25, -0.2) is 0 Å². The summed E-state index contributed by atoms with van der Waals surface area (Å²) in [4.78, 5) is 11.2. The minimum atomic E-state index is -0.239. The molecule has 0 aliphatic carbocycles. The van der Waals surface area contributed by atoms with E-state index in [1.807, 2.05) is 34.6 Å². The highest BCUT2D eigenvalue weighted by atomic mass is 16.6. The normalized spacial score (nSPS) is 11.9. The molecule has 0 saturated carbocycles. The van der Waals surface area contributed by atoms with Crippen LogP contribution < -0.4 is 5.32 Å². The minimum Gasteiger partial charge on any atom is -0.462 e. The molecule has 0 saturated heterocycles. The van der Waals surface area contributed by atoms with Gasteiger partial charge in [0.2, 0.25) is 0 Å². The molecule has 0 spiro atoms. The molecular weight excluding hydrogens is 194 g/mol. The lowest BCUT2D eigenvalue weighted by atomic mass is 10.1. The van der Waals surface area contributed by atoms with Gasteiger partial charge in [-0.3, -0.25) is 4.79 Å². The van der Waals surface area contributed by atoms with Gasteiger partial charge in [0.15, 0.2) is 0 Å². The summed E-state index contributed by atoms with van der Waals surface area (Å²) in [5, 5.41) is 3.06. The van der Waals surface area contributed by atoms with Crippen LogP contribution in [0.5, 0.6) is 0 Å². The first kappa shape index (κ1) is 14.4. The predicted octanol–water partition coefficient (Wildman–Crippen LogP) is 1.34. The number of rotatable bonds is 6. The number of hydrogen-bond acceptors (Lipinski definition) is 4. The standard InChI is InChI=1S/C11H23NO3/c1-9(2)14-6-7-15-10(13)8-12-11(3,4)5/h9,12H,6-8H2,1-5H3. The van der Waals surface area contributed by atoms with Gasteiger partial charge >= 0.3 is 5.97 Å². The first-order valence-electron chi connectivity index (χ1n) is 5.33. The van der Waals surface area contributed by atoms with Crippen molar-refractivity contribution in [3.05, 3.63) is 0 Å². The SMILES string of the molecule is CC(C)OCCOC(=O)CNC(C)(C)C. The molecule has 1 N–H and O–H groups in total. The van der Waals surface area contributed by atoms with Gasteiger partial charge in [-0.2, -0.15) is 0 Å². The summed E-state index contributed by atoms with van der Waals surface area (Å²) in [6.45, 7) is 10.9. The zero-order valence-corrected chi connectivity index (χ0v) is 10.4. The third-order valence-electron chi connectivity index (χ3n) is 1.56. The Bertz CT molecular complexity index is 185. The third-order valence-corrected chi connectivity index (χ3v) is 1.56. The first-order chi connectivity index (χ1) is 6.81. The van der Waals surface area contributed by atoms with E-state index in [1.54, 1.807) is 0 Å². The average molecular weight is 217 g/mol. The van der Waals surface area contributed by atoms with Gasteiger partial charge in [0.1, 0.15) is 6.61 Å². The predicted molar refractivity (Wildman–Crippen MR) is 59.8 cm³/mol. The molecule has 0 aliphatic heterocycles. The molecule has 0 aromatic heterocycles. The fourth-order valence-corrected chi connectivity index (χ4v) is 0.828. The molecule has 0 fully saturated rings. The van der Waals surface area contributed by atoms with E-state index in [9.17, 15) is 4.79 Å². The monoisotopic (exact) mass is 217 g/mol. The highest BCUT2D eigenvalue weighted by Crippen LogP contribution is 1.97. The van der Waals surface area contributed by atoms with Crippen molar-refractivity contribution in [2.24, 2.45) is 0 Å². The van der Waals surface area contributed by atoms with Crippen molar-refractivity contribution >= 4 is 5.97 Å². The molecule has 0 aromatic rings. The Morgan fingerprint density at radius 2 is 1.87 bits per heavy atom. The maximum absolute atomic E-state index is 11.2. The Morgan fingerprint density at radius 1 is 1.27 bits per heavy atom. The van der Waals surface area contributed by atoms with E-state index >= 15 is 0 Å². The second-order valence-corrected chi connectivity index (χ2v) is 4.74. The Labute approximate surface area is 92.3 Å². The van der Waals surface area contributed by atoms with Crippen molar-refractivity contribution in [1.82, 2.24) is 5.32 Å². The van der Waals surface area contributed by atoms with Gasteiger partial charge in [0, 0.05) is 5.54 Å².